The second-order valence-electron chi connectivity index (χ2n) is 7.57. The third-order valence-corrected chi connectivity index (χ3v) is 6.32. The minimum atomic E-state index is -1.28. The van der Waals surface area contributed by atoms with E-state index in [4.69, 9.17) is 9.47 Å². The first-order chi connectivity index (χ1) is 16.4. The number of aryl methyl sites for hydroxylation is 1. The van der Waals surface area contributed by atoms with Gasteiger partial charge in [-0.15, -0.1) is 11.3 Å². The van der Waals surface area contributed by atoms with Gasteiger partial charge in [-0.1, -0.05) is 30.3 Å². The summed E-state index contributed by atoms with van der Waals surface area (Å²) in [6.45, 7) is 2.32. The van der Waals surface area contributed by atoms with E-state index in [1.165, 1.54) is 14.2 Å². The van der Waals surface area contributed by atoms with Crippen molar-refractivity contribution < 1.29 is 29.0 Å². The lowest BCUT2D eigenvalue weighted by Gasteiger charge is -2.23. The van der Waals surface area contributed by atoms with E-state index in [0.29, 0.717) is 41.3 Å². The Labute approximate surface area is 201 Å². The normalized spacial score (nSPS) is 10.6. The van der Waals surface area contributed by atoms with Crippen molar-refractivity contribution in [3.8, 4) is 11.5 Å². The number of carboxylic acids is 1. The Kier molecular flexibility index (Phi) is 8.37. The molecule has 1 amide bonds. The summed E-state index contributed by atoms with van der Waals surface area (Å²) >= 11 is 0.973. The minimum absolute atomic E-state index is 0.0258. The zero-order chi connectivity index (χ0) is 24.7. The van der Waals surface area contributed by atoms with E-state index in [0.717, 1.165) is 28.9 Å². The van der Waals surface area contributed by atoms with Crippen LogP contribution in [0.25, 0.3) is 0 Å². The third-order valence-electron chi connectivity index (χ3n) is 5.36. The van der Waals surface area contributed by atoms with Crippen molar-refractivity contribution in [2.45, 2.75) is 26.3 Å². The van der Waals surface area contributed by atoms with Gasteiger partial charge in [-0.25, -0.2) is 9.78 Å². The molecule has 9 heteroatoms. The van der Waals surface area contributed by atoms with Crippen LogP contribution < -0.4 is 9.47 Å². The van der Waals surface area contributed by atoms with Gasteiger partial charge in [-0.3, -0.25) is 9.59 Å². The molecule has 0 aliphatic rings. The molecule has 0 spiro atoms. The van der Waals surface area contributed by atoms with Crippen LogP contribution >= 0.6 is 11.3 Å². The lowest BCUT2D eigenvalue weighted by Crippen LogP contribution is -2.32. The summed E-state index contributed by atoms with van der Waals surface area (Å²) < 4.78 is 10.8. The zero-order valence-electron chi connectivity index (χ0n) is 19.2. The predicted molar refractivity (Wildman–Crippen MR) is 128 cm³/mol. The van der Waals surface area contributed by atoms with Gasteiger partial charge in [0.25, 0.3) is 5.91 Å². The molecule has 3 aromatic rings. The van der Waals surface area contributed by atoms with E-state index >= 15 is 0 Å². The fraction of sp³-hybridized carbons (Fsp3) is 0.280. The molecule has 0 unspecified atom stereocenters. The van der Waals surface area contributed by atoms with Gasteiger partial charge in [0, 0.05) is 17.7 Å². The van der Waals surface area contributed by atoms with Gasteiger partial charge in [-0.05, 0) is 37.5 Å². The van der Waals surface area contributed by atoms with E-state index in [2.05, 4.69) is 4.98 Å². The topological polar surface area (TPSA) is 106 Å². The number of hydrogen-bond acceptors (Lipinski definition) is 7. The van der Waals surface area contributed by atoms with Crippen LogP contribution in [0, 0.1) is 6.92 Å². The molecule has 1 N–H and O–H groups in total. The lowest BCUT2D eigenvalue weighted by molar-refractivity contribution is 0.0688. The molecule has 3 rings (SSSR count). The van der Waals surface area contributed by atoms with Gasteiger partial charge >= 0.3 is 5.97 Å². The molecule has 1 aromatic heterocycles. The number of aromatic nitrogens is 1. The van der Waals surface area contributed by atoms with Crippen LogP contribution in [0.5, 0.6) is 11.5 Å². The summed E-state index contributed by atoms with van der Waals surface area (Å²) in [6.07, 6.45) is 1.93. The first kappa shape index (κ1) is 24.9. The van der Waals surface area contributed by atoms with E-state index in [-0.39, 0.29) is 23.0 Å². The highest BCUT2D eigenvalue weighted by Crippen LogP contribution is 2.30. The van der Waals surface area contributed by atoms with Crippen LogP contribution in [0.4, 0.5) is 0 Å². The standard InChI is InChI=1S/C25H26N2O6S/c1-16-19(32-2)12-18(13-20(16)33-3)24(29)27(11-7-10-17-8-5-4-6-9-17)14-22-26-23(25(30)31)21(15-28)34-22/h4-6,8-9,12-13,15H,7,10-11,14H2,1-3H3,(H,30,31). The summed E-state index contributed by atoms with van der Waals surface area (Å²) in [7, 11) is 3.05. The molecule has 0 atom stereocenters. The fourth-order valence-electron chi connectivity index (χ4n) is 3.61. The summed E-state index contributed by atoms with van der Waals surface area (Å²) in [6, 6.07) is 13.2. The predicted octanol–water partition coefficient (Wildman–Crippen LogP) is 4.25. The average Bonchev–Trinajstić information content (AvgIpc) is 3.27. The molecule has 0 saturated heterocycles. The van der Waals surface area contributed by atoms with Crippen molar-refractivity contribution in [2.24, 2.45) is 0 Å². The van der Waals surface area contributed by atoms with E-state index < -0.39 is 5.97 Å². The second-order valence-corrected chi connectivity index (χ2v) is 8.68. The minimum Gasteiger partial charge on any atom is -0.496 e. The van der Waals surface area contributed by atoms with E-state index in [1.807, 2.05) is 37.3 Å². The molecule has 178 valence electrons. The van der Waals surface area contributed by atoms with Gasteiger partial charge in [0.05, 0.1) is 20.8 Å². The van der Waals surface area contributed by atoms with Crippen molar-refractivity contribution in [2.75, 3.05) is 20.8 Å². The van der Waals surface area contributed by atoms with Gasteiger partial charge in [0.15, 0.2) is 12.0 Å². The zero-order valence-corrected chi connectivity index (χ0v) is 20.1. The summed E-state index contributed by atoms with van der Waals surface area (Å²) in [5, 5.41) is 9.69. The third kappa shape index (κ3) is 5.79. The lowest BCUT2D eigenvalue weighted by atomic mass is 10.1. The fourth-order valence-corrected chi connectivity index (χ4v) is 4.49. The Balaban J connectivity index is 1.90. The molecule has 0 aliphatic carbocycles. The van der Waals surface area contributed by atoms with Gasteiger partial charge in [0.1, 0.15) is 21.4 Å². The SMILES string of the molecule is COc1cc(C(=O)N(CCCc2ccccc2)Cc2nc(C(=O)O)c(C=O)s2)cc(OC)c1C. The second kappa shape index (κ2) is 11.4. The number of thiazole rings is 1. The van der Waals surface area contributed by atoms with Crippen LogP contribution in [0.15, 0.2) is 42.5 Å². The molecule has 0 bridgehead atoms. The highest BCUT2D eigenvalue weighted by Gasteiger charge is 2.23. The number of rotatable bonds is 11. The monoisotopic (exact) mass is 482 g/mol. The number of carboxylic acid groups (broad SMARTS) is 1. The van der Waals surface area contributed by atoms with Crippen LogP contribution in [0.3, 0.4) is 0 Å². The largest absolute Gasteiger partial charge is 0.496 e. The number of amides is 1. The van der Waals surface area contributed by atoms with Gasteiger partial charge < -0.3 is 19.5 Å². The van der Waals surface area contributed by atoms with Gasteiger partial charge in [-0.2, -0.15) is 0 Å². The molecule has 0 aliphatic heterocycles. The molecular formula is C25H26N2O6S. The molecule has 0 saturated carbocycles. The van der Waals surface area contributed by atoms with Crippen molar-refractivity contribution in [1.82, 2.24) is 9.88 Å². The molecule has 34 heavy (non-hydrogen) atoms. The highest BCUT2D eigenvalue weighted by atomic mass is 32.1. The maximum atomic E-state index is 13.5. The maximum absolute atomic E-state index is 13.5. The van der Waals surface area contributed by atoms with E-state index in [1.54, 1.807) is 17.0 Å². The number of carbonyl (C=O) groups is 3. The van der Waals surface area contributed by atoms with Crippen LogP contribution in [-0.2, 0) is 13.0 Å². The summed E-state index contributed by atoms with van der Waals surface area (Å²) in [5.41, 5.74) is 2.01. The van der Waals surface area contributed by atoms with Crippen LogP contribution in [-0.4, -0.2) is 53.9 Å². The Morgan fingerprint density at radius 1 is 1.12 bits per heavy atom. The Hall–Kier alpha value is -3.72. The number of ether oxygens (including phenoxy) is 2. The molecule has 1 heterocycles. The molecular weight excluding hydrogens is 456 g/mol. The summed E-state index contributed by atoms with van der Waals surface area (Å²) in [5.74, 6) is -0.501. The van der Waals surface area contributed by atoms with Crippen molar-refractivity contribution in [1.29, 1.82) is 0 Å². The number of carbonyl (C=O) groups excluding carboxylic acids is 2. The van der Waals surface area contributed by atoms with Crippen LogP contribution in [0.2, 0.25) is 0 Å². The van der Waals surface area contributed by atoms with E-state index in [9.17, 15) is 19.5 Å². The smallest absolute Gasteiger partial charge is 0.356 e. The van der Waals surface area contributed by atoms with Crippen LogP contribution in [0.1, 0.15) is 53.1 Å². The highest BCUT2D eigenvalue weighted by molar-refractivity contribution is 7.13. The number of hydrogen-bond donors (Lipinski definition) is 1. The molecule has 0 fully saturated rings. The van der Waals surface area contributed by atoms with Gasteiger partial charge in [0.2, 0.25) is 0 Å². The number of aromatic carboxylic acids is 1. The number of nitrogens with zero attached hydrogens (tertiary/aromatic N) is 2. The van der Waals surface area contributed by atoms with Crippen molar-refractivity contribution >= 4 is 29.5 Å². The Morgan fingerprint density at radius 2 is 1.76 bits per heavy atom. The first-order valence-electron chi connectivity index (χ1n) is 10.6. The number of aldehydes is 1. The van der Waals surface area contributed by atoms with Crippen molar-refractivity contribution in [3.63, 3.8) is 0 Å². The quantitative estimate of drug-likeness (QED) is 0.407. The number of methoxy groups -OCH3 is 2. The molecule has 2 aromatic carbocycles. The molecule has 0 radical (unpaired) electrons. The number of benzene rings is 2. The maximum Gasteiger partial charge on any atom is 0.356 e. The average molecular weight is 483 g/mol. The Morgan fingerprint density at radius 3 is 2.29 bits per heavy atom. The summed E-state index contributed by atoms with van der Waals surface area (Å²) in [4.78, 5) is 42.0. The molecule has 8 nitrogen and oxygen atoms in total. The Bertz CT molecular complexity index is 1150. The van der Waals surface area contributed by atoms with Crippen molar-refractivity contribution in [3.05, 3.63) is 74.7 Å². The first-order valence-corrected chi connectivity index (χ1v) is 11.4.